The van der Waals surface area contributed by atoms with Crippen LogP contribution in [0.5, 0.6) is 0 Å². The number of alkyl carbamates (subject to hydrolysis) is 1. The molecule has 0 aliphatic rings. The molecule has 124 valence electrons. The van der Waals surface area contributed by atoms with Gasteiger partial charge in [-0.1, -0.05) is 13.3 Å². The van der Waals surface area contributed by atoms with E-state index in [-0.39, 0.29) is 6.42 Å². The summed E-state index contributed by atoms with van der Waals surface area (Å²) in [5, 5.41) is 2.47. The number of ether oxygens (including phenoxy) is 2. The molecule has 0 aromatic heterocycles. The van der Waals surface area contributed by atoms with Crippen molar-refractivity contribution in [1.29, 1.82) is 0 Å². The molecule has 2 atom stereocenters. The fourth-order valence-electron chi connectivity index (χ4n) is 1.50. The third-order valence-corrected chi connectivity index (χ3v) is 3.97. The Kier molecular flexibility index (Phi) is 9.24. The van der Waals surface area contributed by atoms with Crippen LogP contribution < -0.4 is 5.32 Å². The summed E-state index contributed by atoms with van der Waals surface area (Å²) >= 11 is 0. The van der Waals surface area contributed by atoms with Gasteiger partial charge in [-0.25, -0.2) is 9.59 Å². The number of unbranched alkanes of at least 4 members (excludes halogenated alkanes) is 1. The predicted molar refractivity (Wildman–Crippen MR) is 82.6 cm³/mol. The van der Waals surface area contributed by atoms with E-state index in [1.165, 1.54) is 7.11 Å². The minimum absolute atomic E-state index is 0.266. The van der Waals surface area contributed by atoms with Gasteiger partial charge in [0, 0.05) is 22.3 Å². The minimum atomic E-state index is -0.993. The van der Waals surface area contributed by atoms with Crippen LogP contribution in [-0.2, 0) is 25.1 Å². The van der Waals surface area contributed by atoms with Gasteiger partial charge in [0.15, 0.2) is 0 Å². The summed E-state index contributed by atoms with van der Waals surface area (Å²) in [5.74, 6) is 0.389. The first kappa shape index (κ1) is 19.9. The number of rotatable bonds is 8. The summed E-state index contributed by atoms with van der Waals surface area (Å²) in [6.07, 6.45) is 1.44. The number of hydrogen-bond donors (Lipinski definition) is 1. The number of hydrogen-bond acceptors (Lipinski definition) is 5. The van der Waals surface area contributed by atoms with E-state index in [2.05, 4.69) is 10.1 Å². The average molecular weight is 321 g/mol. The molecular weight excluding hydrogens is 294 g/mol. The Labute approximate surface area is 129 Å². The smallest absolute Gasteiger partial charge is 0.408 e. The molecule has 0 rings (SSSR count). The highest BCUT2D eigenvalue weighted by Gasteiger charge is 2.25. The van der Waals surface area contributed by atoms with Crippen LogP contribution in [0.4, 0.5) is 4.79 Å². The van der Waals surface area contributed by atoms with E-state index in [1.54, 1.807) is 20.8 Å². The molecule has 0 heterocycles. The summed E-state index contributed by atoms with van der Waals surface area (Å²) in [6, 6.07) is -0.838. The van der Waals surface area contributed by atoms with Gasteiger partial charge in [-0.2, -0.15) is 0 Å². The number of amides is 1. The van der Waals surface area contributed by atoms with Crippen molar-refractivity contribution in [3.05, 3.63) is 0 Å². The monoisotopic (exact) mass is 321 g/mol. The molecule has 21 heavy (non-hydrogen) atoms. The van der Waals surface area contributed by atoms with Gasteiger partial charge < -0.3 is 14.8 Å². The Bertz CT molecular complexity index is 365. The van der Waals surface area contributed by atoms with Gasteiger partial charge in [0.2, 0.25) is 0 Å². The molecule has 0 spiro atoms. The van der Waals surface area contributed by atoms with Gasteiger partial charge in [-0.15, -0.1) is 0 Å². The van der Waals surface area contributed by atoms with Crippen LogP contribution in [0.2, 0.25) is 0 Å². The second-order valence-corrected chi connectivity index (χ2v) is 7.41. The predicted octanol–water partition coefficient (Wildman–Crippen LogP) is 1.99. The first-order valence-corrected chi connectivity index (χ1v) is 8.60. The first-order chi connectivity index (χ1) is 9.69. The lowest BCUT2D eigenvalue weighted by Crippen LogP contribution is -2.44. The van der Waals surface area contributed by atoms with Crippen LogP contribution in [0.15, 0.2) is 0 Å². The van der Waals surface area contributed by atoms with E-state index in [0.29, 0.717) is 11.5 Å². The van der Waals surface area contributed by atoms with Gasteiger partial charge in [0.05, 0.1) is 7.11 Å². The maximum absolute atomic E-state index is 11.7. The van der Waals surface area contributed by atoms with E-state index in [4.69, 9.17) is 4.74 Å². The lowest BCUT2D eigenvalue weighted by Gasteiger charge is -2.22. The molecule has 0 fully saturated rings. The van der Waals surface area contributed by atoms with Crippen molar-refractivity contribution < 1.29 is 23.3 Å². The molecule has 0 saturated carbocycles. The Balaban J connectivity index is 4.43. The highest BCUT2D eigenvalue weighted by molar-refractivity contribution is 7.84. The molecular formula is C14H27NO5S. The topological polar surface area (TPSA) is 81.7 Å². The van der Waals surface area contributed by atoms with Gasteiger partial charge in [-0.05, 0) is 33.6 Å². The molecule has 0 aromatic rings. The highest BCUT2D eigenvalue weighted by Crippen LogP contribution is 2.08. The standard InChI is InChI=1S/C14H27NO5S/c1-6-7-9-21(18)10-8-11(12(16)19-5)15-13(17)20-14(2,3)4/h11H,6-10H2,1-5H3,(H,15,17)/t11-,21?/m0/s1. The van der Waals surface area contributed by atoms with Crippen molar-refractivity contribution in [2.75, 3.05) is 18.6 Å². The Morgan fingerprint density at radius 1 is 1.24 bits per heavy atom. The molecule has 0 radical (unpaired) electrons. The van der Waals surface area contributed by atoms with Crippen LogP contribution in [0.25, 0.3) is 0 Å². The zero-order chi connectivity index (χ0) is 16.5. The summed E-state index contributed by atoms with van der Waals surface area (Å²) in [7, 11) is 0.257. The SMILES string of the molecule is CCCCS(=O)CC[C@H](NC(=O)OC(C)(C)C)C(=O)OC. The van der Waals surface area contributed by atoms with E-state index in [0.717, 1.165) is 12.8 Å². The lowest BCUT2D eigenvalue weighted by molar-refractivity contribution is -0.143. The maximum atomic E-state index is 11.7. The van der Waals surface area contributed by atoms with E-state index in [1.807, 2.05) is 6.92 Å². The van der Waals surface area contributed by atoms with Gasteiger partial charge in [0.1, 0.15) is 11.6 Å². The van der Waals surface area contributed by atoms with Crippen molar-refractivity contribution in [2.24, 2.45) is 0 Å². The summed E-state index contributed by atoms with van der Waals surface area (Å²) in [4.78, 5) is 23.3. The van der Waals surface area contributed by atoms with Crippen LogP contribution in [-0.4, -0.2) is 46.5 Å². The molecule has 0 aliphatic carbocycles. The Hall–Kier alpha value is -1.11. The molecule has 0 aromatic carbocycles. The molecule has 7 heteroatoms. The largest absolute Gasteiger partial charge is 0.467 e. The summed E-state index contributed by atoms with van der Waals surface area (Å²) in [5.41, 5.74) is -0.644. The zero-order valence-corrected chi connectivity index (χ0v) is 14.4. The van der Waals surface area contributed by atoms with Crippen LogP contribution in [0.1, 0.15) is 47.0 Å². The molecule has 1 unspecified atom stereocenters. The molecule has 0 bridgehead atoms. The normalized spacial score (nSPS) is 14.1. The van der Waals surface area contributed by atoms with Crippen LogP contribution >= 0.6 is 0 Å². The number of methoxy groups -OCH3 is 1. The minimum Gasteiger partial charge on any atom is -0.467 e. The van der Waals surface area contributed by atoms with Gasteiger partial charge in [-0.3, -0.25) is 4.21 Å². The average Bonchev–Trinajstić information content (AvgIpc) is 2.37. The molecule has 6 nitrogen and oxygen atoms in total. The van der Waals surface area contributed by atoms with Gasteiger partial charge in [0.25, 0.3) is 0 Å². The Morgan fingerprint density at radius 3 is 2.33 bits per heavy atom. The van der Waals surface area contributed by atoms with Gasteiger partial charge >= 0.3 is 12.1 Å². The lowest BCUT2D eigenvalue weighted by atomic mass is 10.2. The van der Waals surface area contributed by atoms with Crippen LogP contribution in [0.3, 0.4) is 0 Å². The second kappa shape index (κ2) is 9.76. The number of carbonyl (C=O) groups is 2. The zero-order valence-electron chi connectivity index (χ0n) is 13.6. The van der Waals surface area contributed by atoms with Crippen molar-refractivity contribution in [3.63, 3.8) is 0 Å². The molecule has 1 amide bonds. The number of esters is 1. The van der Waals surface area contributed by atoms with Crippen molar-refractivity contribution in [1.82, 2.24) is 5.32 Å². The molecule has 1 N–H and O–H groups in total. The van der Waals surface area contributed by atoms with E-state index < -0.39 is 34.5 Å². The molecule has 0 saturated heterocycles. The fraction of sp³-hybridized carbons (Fsp3) is 0.857. The quantitative estimate of drug-likeness (QED) is 0.691. The number of carbonyl (C=O) groups excluding carboxylic acids is 2. The first-order valence-electron chi connectivity index (χ1n) is 7.12. The Morgan fingerprint density at radius 2 is 1.86 bits per heavy atom. The fourth-order valence-corrected chi connectivity index (χ4v) is 2.81. The summed E-state index contributed by atoms with van der Waals surface area (Å²) in [6.45, 7) is 7.23. The van der Waals surface area contributed by atoms with Crippen molar-refractivity contribution >= 4 is 22.9 Å². The second-order valence-electron chi connectivity index (χ2n) is 5.71. The highest BCUT2D eigenvalue weighted by atomic mass is 32.2. The van der Waals surface area contributed by atoms with Crippen molar-refractivity contribution in [2.45, 2.75) is 58.6 Å². The third kappa shape index (κ3) is 10.3. The molecule has 0 aliphatic heterocycles. The van der Waals surface area contributed by atoms with E-state index >= 15 is 0 Å². The summed E-state index contributed by atoms with van der Waals surface area (Å²) < 4.78 is 21.5. The third-order valence-electron chi connectivity index (χ3n) is 2.54. The van der Waals surface area contributed by atoms with Crippen molar-refractivity contribution in [3.8, 4) is 0 Å². The van der Waals surface area contributed by atoms with E-state index in [9.17, 15) is 13.8 Å². The maximum Gasteiger partial charge on any atom is 0.408 e. The van der Waals surface area contributed by atoms with Crippen LogP contribution in [0, 0.1) is 0 Å². The number of nitrogens with one attached hydrogen (secondary N) is 1.